The Morgan fingerprint density at radius 2 is 2.18 bits per heavy atom. The maximum atomic E-state index is 12.6. The molecule has 0 saturated heterocycles. The molecule has 1 amide bonds. The summed E-state index contributed by atoms with van der Waals surface area (Å²) in [5.74, 6) is -0.343. The van der Waals surface area contributed by atoms with Crippen LogP contribution in [-0.4, -0.2) is 34.4 Å². The van der Waals surface area contributed by atoms with E-state index in [0.29, 0.717) is 42.2 Å². The van der Waals surface area contributed by atoms with Gasteiger partial charge in [0.2, 0.25) is 5.91 Å². The zero-order chi connectivity index (χ0) is 15.9. The fraction of sp³-hybridized carbons (Fsp3) is 0.400. The first-order chi connectivity index (χ1) is 10.6. The second kappa shape index (κ2) is 7.95. The summed E-state index contributed by atoms with van der Waals surface area (Å²) in [4.78, 5) is 28.1. The molecule has 6 nitrogen and oxygen atoms in total. The van der Waals surface area contributed by atoms with Crippen molar-refractivity contribution in [1.29, 1.82) is 0 Å². The van der Waals surface area contributed by atoms with Gasteiger partial charge in [-0.2, -0.15) is 0 Å². The molecule has 22 heavy (non-hydrogen) atoms. The molecule has 2 rings (SSSR count). The lowest BCUT2D eigenvalue weighted by atomic mass is 10.2. The number of benzene rings is 1. The van der Waals surface area contributed by atoms with E-state index in [1.807, 2.05) is 19.1 Å². The van der Waals surface area contributed by atoms with Gasteiger partial charge in [-0.1, -0.05) is 23.9 Å². The Morgan fingerprint density at radius 1 is 1.41 bits per heavy atom. The zero-order valence-corrected chi connectivity index (χ0v) is 13.3. The van der Waals surface area contributed by atoms with Crippen LogP contribution in [0.3, 0.4) is 0 Å². The molecule has 0 unspecified atom stereocenters. The van der Waals surface area contributed by atoms with Crippen molar-refractivity contribution in [3.63, 3.8) is 0 Å². The molecule has 0 aliphatic carbocycles. The van der Waals surface area contributed by atoms with Gasteiger partial charge in [-0.15, -0.1) is 0 Å². The van der Waals surface area contributed by atoms with Gasteiger partial charge in [0.15, 0.2) is 5.16 Å². The first-order valence-electron chi connectivity index (χ1n) is 7.12. The third-order valence-electron chi connectivity index (χ3n) is 3.04. The van der Waals surface area contributed by atoms with E-state index in [1.165, 1.54) is 11.8 Å². The molecule has 2 aromatic rings. The van der Waals surface area contributed by atoms with Crippen molar-refractivity contribution in [2.45, 2.75) is 25.0 Å². The number of fused-ring (bicyclic) bond motifs is 1. The van der Waals surface area contributed by atoms with Gasteiger partial charge in [0, 0.05) is 19.8 Å². The second-order valence-electron chi connectivity index (χ2n) is 4.67. The number of thioether (sulfide) groups is 1. The SMILES string of the molecule is CCOCCCn1c(SCC(N)=O)nc2ccccc2c1=O. The largest absolute Gasteiger partial charge is 0.382 e. The Morgan fingerprint density at radius 3 is 2.91 bits per heavy atom. The van der Waals surface area contributed by atoms with Gasteiger partial charge in [0.1, 0.15) is 0 Å². The Labute approximate surface area is 132 Å². The van der Waals surface area contributed by atoms with Crippen LogP contribution in [0, 0.1) is 0 Å². The molecule has 0 radical (unpaired) electrons. The third kappa shape index (κ3) is 4.08. The van der Waals surface area contributed by atoms with E-state index in [2.05, 4.69) is 4.98 Å². The molecule has 0 fully saturated rings. The van der Waals surface area contributed by atoms with Crippen molar-refractivity contribution in [3.8, 4) is 0 Å². The van der Waals surface area contributed by atoms with Crippen LogP contribution in [0.4, 0.5) is 0 Å². The van der Waals surface area contributed by atoms with Gasteiger partial charge >= 0.3 is 0 Å². The van der Waals surface area contributed by atoms with E-state index < -0.39 is 5.91 Å². The number of nitrogens with zero attached hydrogens (tertiary/aromatic N) is 2. The van der Waals surface area contributed by atoms with Crippen molar-refractivity contribution in [3.05, 3.63) is 34.6 Å². The van der Waals surface area contributed by atoms with Crippen LogP contribution < -0.4 is 11.3 Å². The summed E-state index contributed by atoms with van der Waals surface area (Å²) in [7, 11) is 0. The third-order valence-corrected chi connectivity index (χ3v) is 4.04. The summed E-state index contributed by atoms with van der Waals surface area (Å²) in [5, 5.41) is 1.08. The quantitative estimate of drug-likeness (QED) is 0.451. The lowest BCUT2D eigenvalue weighted by Gasteiger charge is -2.12. The molecular formula is C15H19N3O3S. The summed E-state index contributed by atoms with van der Waals surface area (Å²) in [6.45, 7) is 3.65. The molecule has 7 heteroatoms. The Hall–Kier alpha value is -1.86. The Kier molecular flexibility index (Phi) is 5.97. The smallest absolute Gasteiger partial charge is 0.262 e. The fourth-order valence-corrected chi connectivity index (χ4v) is 2.82. The highest BCUT2D eigenvalue weighted by Gasteiger charge is 2.12. The van der Waals surface area contributed by atoms with Crippen LogP contribution in [0.2, 0.25) is 0 Å². The van der Waals surface area contributed by atoms with Crippen LogP contribution in [-0.2, 0) is 16.1 Å². The average molecular weight is 321 g/mol. The number of para-hydroxylation sites is 1. The number of ether oxygens (including phenoxy) is 1. The predicted octanol–water partition coefficient (Wildman–Crippen LogP) is 1.40. The fourth-order valence-electron chi connectivity index (χ4n) is 2.06. The number of nitrogens with two attached hydrogens (primary N) is 1. The van der Waals surface area contributed by atoms with Crippen LogP contribution >= 0.6 is 11.8 Å². The predicted molar refractivity (Wildman–Crippen MR) is 87.0 cm³/mol. The normalized spacial score (nSPS) is 11.0. The van der Waals surface area contributed by atoms with Crippen LogP contribution in [0.15, 0.2) is 34.2 Å². The molecule has 1 aromatic carbocycles. The summed E-state index contributed by atoms with van der Waals surface area (Å²) in [5.41, 5.74) is 5.71. The van der Waals surface area contributed by atoms with E-state index in [4.69, 9.17) is 10.5 Å². The van der Waals surface area contributed by atoms with Gasteiger partial charge in [0.05, 0.1) is 16.7 Å². The molecule has 0 aliphatic heterocycles. The minimum absolute atomic E-state index is 0.0935. The van der Waals surface area contributed by atoms with Gasteiger partial charge in [-0.3, -0.25) is 14.2 Å². The first-order valence-corrected chi connectivity index (χ1v) is 8.10. The molecular weight excluding hydrogens is 302 g/mol. The lowest BCUT2D eigenvalue weighted by molar-refractivity contribution is -0.115. The summed E-state index contributed by atoms with van der Waals surface area (Å²) >= 11 is 1.18. The number of hydrogen-bond acceptors (Lipinski definition) is 5. The van der Waals surface area contributed by atoms with Gasteiger partial charge < -0.3 is 10.5 Å². The Balaban J connectivity index is 2.35. The maximum Gasteiger partial charge on any atom is 0.262 e. The summed E-state index contributed by atoms with van der Waals surface area (Å²) in [6.07, 6.45) is 0.706. The minimum Gasteiger partial charge on any atom is -0.382 e. The van der Waals surface area contributed by atoms with Crippen molar-refractivity contribution in [1.82, 2.24) is 9.55 Å². The van der Waals surface area contributed by atoms with Gasteiger partial charge in [0.25, 0.3) is 5.56 Å². The highest BCUT2D eigenvalue weighted by atomic mass is 32.2. The number of amides is 1. The van der Waals surface area contributed by atoms with Crippen LogP contribution in [0.5, 0.6) is 0 Å². The maximum absolute atomic E-state index is 12.6. The van der Waals surface area contributed by atoms with Crippen molar-refractivity contribution >= 4 is 28.6 Å². The van der Waals surface area contributed by atoms with Gasteiger partial charge in [-0.25, -0.2) is 4.98 Å². The van der Waals surface area contributed by atoms with E-state index in [9.17, 15) is 9.59 Å². The minimum atomic E-state index is -0.437. The summed E-state index contributed by atoms with van der Waals surface area (Å²) < 4.78 is 6.90. The number of aromatic nitrogens is 2. The molecule has 0 atom stereocenters. The molecule has 2 N–H and O–H groups in total. The van der Waals surface area contributed by atoms with Crippen molar-refractivity contribution < 1.29 is 9.53 Å². The van der Waals surface area contributed by atoms with Gasteiger partial charge in [-0.05, 0) is 25.5 Å². The first kappa shape index (κ1) is 16.5. The zero-order valence-electron chi connectivity index (χ0n) is 12.4. The molecule has 0 bridgehead atoms. The van der Waals surface area contributed by atoms with E-state index in [0.717, 1.165) is 0 Å². The molecule has 0 aliphatic rings. The molecule has 1 aromatic heterocycles. The van der Waals surface area contributed by atoms with E-state index >= 15 is 0 Å². The molecule has 0 saturated carbocycles. The number of primary amides is 1. The molecule has 118 valence electrons. The van der Waals surface area contributed by atoms with Crippen LogP contribution in [0.25, 0.3) is 10.9 Å². The second-order valence-corrected chi connectivity index (χ2v) is 5.62. The van der Waals surface area contributed by atoms with Crippen LogP contribution in [0.1, 0.15) is 13.3 Å². The van der Waals surface area contributed by atoms with E-state index in [-0.39, 0.29) is 11.3 Å². The summed E-state index contributed by atoms with van der Waals surface area (Å²) in [6, 6.07) is 7.19. The molecule has 1 heterocycles. The standard InChI is InChI=1S/C15H19N3O3S/c1-2-21-9-5-8-18-14(20)11-6-3-4-7-12(11)17-15(18)22-10-13(16)19/h3-4,6-7H,2,5,8-10H2,1H3,(H2,16,19). The molecule has 0 spiro atoms. The highest BCUT2D eigenvalue weighted by molar-refractivity contribution is 7.99. The highest BCUT2D eigenvalue weighted by Crippen LogP contribution is 2.17. The average Bonchev–Trinajstić information content (AvgIpc) is 2.51. The lowest BCUT2D eigenvalue weighted by Crippen LogP contribution is -2.25. The van der Waals surface area contributed by atoms with Crippen molar-refractivity contribution in [2.75, 3.05) is 19.0 Å². The Bertz CT molecular complexity index is 715. The number of carbonyl (C=O) groups excluding carboxylic acids is 1. The van der Waals surface area contributed by atoms with Crippen molar-refractivity contribution in [2.24, 2.45) is 5.73 Å². The van der Waals surface area contributed by atoms with E-state index in [1.54, 1.807) is 16.7 Å². The number of carbonyl (C=O) groups is 1. The number of hydrogen-bond donors (Lipinski definition) is 1. The topological polar surface area (TPSA) is 87.2 Å². The monoisotopic (exact) mass is 321 g/mol. The number of rotatable bonds is 8.